The third kappa shape index (κ3) is 2.39. The molecule has 0 bridgehead atoms. The fourth-order valence-electron chi connectivity index (χ4n) is 2.21. The minimum absolute atomic E-state index is 0.222. The van der Waals surface area contributed by atoms with Crippen LogP contribution in [0, 0.1) is 0 Å². The van der Waals surface area contributed by atoms with E-state index in [4.69, 9.17) is 11.6 Å². The summed E-state index contributed by atoms with van der Waals surface area (Å²) < 4.78 is 25.7. The molecular weight excluding hydrogens is 322 g/mol. The number of pyridine rings is 1. The molecular formula is C15H14ClN3O2S. The summed E-state index contributed by atoms with van der Waals surface area (Å²) in [4.78, 5) is 7.52. The molecule has 0 amide bonds. The van der Waals surface area contributed by atoms with Gasteiger partial charge in [0.15, 0.2) is 0 Å². The first-order valence-corrected chi connectivity index (χ1v) is 8.37. The van der Waals surface area contributed by atoms with E-state index in [1.54, 1.807) is 30.6 Å². The molecule has 3 rings (SSSR count). The molecule has 2 aromatic heterocycles. The maximum Gasteiger partial charge on any atom is 0.242 e. The van der Waals surface area contributed by atoms with Crippen molar-refractivity contribution in [2.24, 2.45) is 0 Å². The fraction of sp³-hybridized carbons (Fsp3) is 0.133. The van der Waals surface area contributed by atoms with Crippen molar-refractivity contribution in [3.63, 3.8) is 0 Å². The summed E-state index contributed by atoms with van der Waals surface area (Å²) in [6.45, 7) is 0. The number of H-pyrrole nitrogens is 1. The van der Waals surface area contributed by atoms with E-state index in [0.717, 1.165) is 5.39 Å². The molecule has 1 aromatic carbocycles. The Labute approximate surface area is 133 Å². The van der Waals surface area contributed by atoms with Crippen molar-refractivity contribution in [3.8, 4) is 11.1 Å². The molecule has 3 aromatic rings. The van der Waals surface area contributed by atoms with Crippen LogP contribution in [0.5, 0.6) is 0 Å². The number of sulfonamides is 1. The second kappa shape index (κ2) is 5.39. The lowest BCUT2D eigenvalue weighted by Gasteiger charge is -2.13. The van der Waals surface area contributed by atoms with Gasteiger partial charge >= 0.3 is 0 Å². The Kier molecular flexibility index (Phi) is 3.68. The van der Waals surface area contributed by atoms with Gasteiger partial charge < -0.3 is 4.98 Å². The minimum atomic E-state index is -3.49. The number of rotatable bonds is 3. The van der Waals surface area contributed by atoms with E-state index in [1.807, 2.05) is 12.1 Å². The first-order chi connectivity index (χ1) is 10.4. The molecule has 5 nitrogen and oxygen atoms in total. The second-order valence-electron chi connectivity index (χ2n) is 5.04. The van der Waals surface area contributed by atoms with Gasteiger partial charge in [-0.1, -0.05) is 23.7 Å². The van der Waals surface area contributed by atoms with Crippen molar-refractivity contribution in [3.05, 3.63) is 47.7 Å². The molecule has 0 aliphatic carbocycles. The van der Waals surface area contributed by atoms with Crippen LogP contribution in [-0.4, -0.2) is 36.8 Å². The molecule has 1 N–H and O–H groups in total. The highest BCUT2D eigenvalue weighted by Gasteiger charge is 2.18. The van der Waals surface area contributed by atoms with Crippen LogP contribution in [0.2, 0.25) is 5.02 Å². The standard InChI is InChI=1S/C15H14ClN3O2S/c1-19(2)22(20,21)11-5-3-4-10(8-11)13-9-18-15-12(14(13)16)6-7-17-15/h3-9H,1-2H3,(H,17,18). The number of nitrogens with zero attached hydrogens (tertiary/aromatic N) is 2. The Hall–Kier alpha value is -1.89. The highest BCUT2D eigenvalue weighted by Crippen LogP contribution is 2.33. The largest absolute Gasteiger partial charge is 0.346 e. The van der Waals surface area contributed by atoms with Crippen LogP contribution in [-0.2, 0) is 10.0 Å². The summed E-state index contributed by atoms with van der Waals surface area (Å²) >= 11 is 6.43. The molecule has 0 radical (unpaired) electrons. The van der Waals surface area contributed by atoms with E-state index in [9.17, 15) is 8.42 Å². The third-order valence-corrected chi connectivity index (χ3v) is 5.66. The topological polar surface area (TPSA) is 66.1 Å². The van der Waals surface area contributed by atoms with Crippen molar-refractivity contribution >= 4 is 32.7 Å². The van der Waals surface area contributed by atoms with Crippen LogP contribution >= 0.6 is 11.6 Å². The van der Waals surface area contributed by atoms with Gasteiger partial charge in [0.25, 0.3) is 0 Å². The molecule has 0 atom stereocenters. The molecule has 0 spiro atoms. The van der Waals surface area contributed by atoms with Gasteiger partial charge in [0.1, 0.15) is 5.65 Å². The lowest BCUT2D eigenvalue weighted by molar-refractivity contribution is 0.521. The van der Waals surface area contributed by atoms with Crippen LogP contribution in [0.3, 0.4) is 0 Å². The lowest BCUT2D eigenvalue weighted by atomic mass is 10.1. The maximum absolute atomic E-state index is 12.2. The number of hydrogen-bond donors (Lipinski definition) is 1. The van der Waals surface area contributed by atoms with Crippen LogP contribution in [0.1, 0.15) is 0 Å². The maximum atomic E-state index is 12.2. The van der Waals surface area contributed by atoms with Gasteiger partial charge in [-0.25, -0.2) is 17.7 Å². The number of halogens is 1. The predicted octanol–water partition coefficient (Wildman–Crippen LogP) is 3.13. The summed E-state index contributed by atoms with van der Waals surface area (Å²) in [6, 6.07) is 8.53. The summed E-state index contributed by atoms with van der Waals surface area (Å²) in [7, 11) is -0.483. The molecule has 0 saturated heterocycles. The predicted molar refractivity (Wildman–Crippen MR) is 87.4 cm³/mol. The number of aromatic amines is 1. The summed E-state index contributed by atoms with van der Waals surface area (Å²) in [6.07, 6.45) is 3.41. The van der Waals surface area contributed by atoms with Gasteiger partial charge in [-0.05, 0) is 23.8 Å². The van der Waals surface area contributed by atoms with Gasteiger partial charge in [-0.3, -0.25) is 0 Å². The van der Waals surface area contributed by atoms with E-state index >= 15 is 0 Å². The van der Waals surface area contributed by atoms with Crippen LogP contribution in [0.4, 0.5) is 0 Å². The van der Waals surface area contributed by atoms with E-state index in [-0.39, 0.29) is 4.90 Å². The molecule has 114 valence electrons. The Morgan fingerprint density at radius 1 is 1.23 bits per heavy atom. The smallest absolute Gasteiger partial charge is 0.242 e. The Morgan fingerprint density at radius 3 is 2.73 bits per heavy atom. The molecule has 0 fully saturated rings. The molecule has 7 heteroatoms. The van der Waals surface area contributed by atoms with Gasteiger partial charge in [0.05, 0.1) is 9.92 Å². The van der Waals surface area contributed by atoms with Crippen LogP contribution < -0.4 is 0 Å². The molecule has 0 aliphatic heterocycles. The van der Waals surface area contributed by atoms with Crippen molar-refractivity contribution in [2.75, 3.05) is 14.1 Å². The van der Waals surface area contributed by atoms with Crippen LogP contribution in [0.15, 0.2) is 47.6 Å². The highest BCUT2D eigenvalue weighted by molar-refractivity contribution is 7.89. The zero-order valence-corrected chi connectivity index (χ0v) is 13.6. The Morgan fingerprint density at radius 2 is 2.00 bits per heavy atom. The van der Waals surface area contributed by atoms with E-state index in [2.05, 4.69) is 9.97 Å². The number of benzene rings is 1. The number of fused-ring (bicyclic) bond motifs is 1. The Balaban J connectivity index is 2.18. The monoisotopic (exact) mass is 335 g/mol. The minimum Gasteiger partial charge on any atom is -0.346 e. The normalized spacial score (nSPS) is 12.2. The molecule has 0 aliphatic rings. The number of aromatic nitrogens is 2. The summed E-state index contributed by atoms with van der Waals surface area (Å²) in [5.41, 5.74) is 2.11. The first kappa shape index (κ1) is 15.0. The zero-order chi connectivity index (χ0) is 15.9. The summed E-state index contributed by atoms with van der Waals surface area (Å²) in [5.74, 6) is 0. The number of hydrogen-bond acceptors (Lipinski definition) is 3. The average Bonchev–Trinajstić information content (AvgIpc) is 2.97. The second-order valence-corrected chi connectivity index (χ2v) is 7.57. The van der Waals surface area contributed by atoms with Crippen molar-refractivity contribution in [1.82, 2.24) is 14.3 Å². The quantitative estimate of drug-likeness (QED) is 0.799. The molecule has 2 heterocycles. The Bertz CT molecular complexity index is 948. The van der Waals surface area contributed by atoms with Gasteiger partial charge in [0, 0.05) is 37.4 Å². The van der Waals surface area contributed by atoms with E-state index < -0.39 is 10.0 Å². The molecule has 0 saturated carbocycles. The first-order valence-electron chi connectivity index (χ1n) is 6.56. The third-order valence-electron chi connectivity index (χ3n) is 3.44. The fourth-order valence-corrected chi connectivity index (χ4v) is 3.47. The molecule has 22 heavy (non-hydrogen) atoms. The zero-order valence-electron chi connectivity index (χ0n) is 12.0. The van der Waals surface area contributed by atoms with Gasteiger partial charge in [0.2, 0.25) is 10.0 Å². The molecule has 0 unspecified atom stereocenters. The SMILES string of the molecule is CN(C)S(=O)(=O)c1cccc(-c2cnc3[nH]ccc3c2Cl)c1. The highest BCUT2D eigenvalue weighted by atomic mass is 35.5. The summed E-state index contributed by atoms with van der Waals surface area (Å²) in [5, 5.41) is 1.35. The van der Waals surface area contributed by atoms with Crippen molar-refractivity contribution < 1.29 is 8.42 Å². The van der Waals surface area contributed by atoms with E-state index in [1.165, 1.54) is 18.4 Å². The van der Waals surface area contributed by atoms with Crippen molar-refractivity contribution in [1.29, 1.82) is 0 Å². The lowest BCUT2D eigenvalue weighted by Crippen LogP contribution is -2.22. The van der Waals surface area contributed by atoms with Gasteiger partial charge in [-0.2, -0.15) is 0 Å². The van der Waals surface area contributed by atoms with E-state index in [0.29, 0.717) is 21.8 Å². The number of nitrogens with one attached hydrogen (secondary N) is 1. The van der Waals surface area contributed by atoms with Gasteiger partial charge in [-0.15, -0.1) is 0 Å². The van der Waals surface area contributed by atoms with Crippen molar-refractivity contribution in [2.45, 2.75) is 4.90 Å². The van der Waals surface area contributed by atoms with Crippen LogP contribution in [0.25, 0.3) is 22.2 Å². The average molecular weight is 336 g/mol.